The summed E-state index contributed by atoms with van der Waals surface area (Å²) in [6.45, 7) is 0.245. The third-order valence-electron chi connectivity index (χ3n) is 7.78. The van der Waals surface area contributed by atoms with Crippen LogP contribution < -0.4 is 11.3 Å². The maximum absolute atomic E-state index is 13.3. The smallest absolute Gasteiger partial charge is 0.417 e. The van der Waals surface area contributed by atoms with Gasteiger partial charge in [0.25, 0.3) is 5.91 Å². The second kappa shape index (κ2) is 6.85. The van der Waals surface area contributed by atoms with Crippen LogP contribution >= 0.6 is 0 Å². The Bertz CT molecular complexity index is 754. The van der Waals surface area contributed by atoms with Gasteiger partial charge in [-0.2, -0.15) is 0 Å². The first-order valence-electron chi connectivity index (χ1n) is 10.6. The summed E-state index contributed by atoms with van der Waals surface area (Å²) in [6, 6.07) is 9.12. The van der Waals surface area contributed by atoms with Crippen molar-refractivity contribution in [2.75, 3.05) is 6.61 Å². The van der Waals surface area contributed by atoms with Crippen molar-refractivity contribution in [3.8, 4) is 0 Å². The van der Waals surface area contributed by atoms with Gasteiger partial charge in [0.15, 0.2) is 0 Å². The van der Waals surface area contributed by atoms with Crippen molar-refractivity contribution in [2.45, 2.75) is 57.0 Å². The lowest BCUT2D eigenvalue weighted by molar-refractivity contribution is -0.132. The molecule has 150 valence electrons. The summed E-state index contributed by atoms with van der Waals surface area (Å²) in [6.07, 6.45) is 7.23. The zero-order valence-electron chi connectivity index (χ0n) is 16.2. The molecule has 1 heterocycles. The predicted molar refractivity (Wildman–Crippen MR) is 104 cm³/mol. The van der Waals surface area contributed by atoms with Gasteiger partial charge in [-0.1, -0.05) is 30.3 Å². The van der Waals surface area contributed by atoms with E-state index in [1.807, 2.05) is 30.3 Å². The van der Waals surface area contributed by atoms with Crippen LogP contribution in [0.2, 0.25) is 0 Å². The molecule has 6 heteroatoms. The lowest BCUT2D eigenvalue weighted by Crippen LogP contribution is -2.54. The summed E-state index contributed by atoms with van der Waals surface area (Å²) >= 11 is 0. The number of amides is 2. The first kappa shape index (κ1) is 18.1. The van der Waals surface area contributed by atoms with E-state index in [4.69, 9.17) is 10.6 Å². The molecule has 6 nitrogen and oxygen atoms in total. The molecule has 5 fully saturated rings. The number of carbonyl (C=O) groups excluding carboxylic acids is 2. The zero-order chi connectivity index (χ0) is 19.3. The van der Waals surface area contributed by atoms with Crippen molar-refractivity contribution >= 4 is 12.0 Å². The number of rotatable bonds is 6. The molecule has 3 N–H and O–H groups in total. The number of carbonyl (C=O) groups is 2. The van der Waals surface area contributed by atoms with E-state index in [1.54, 1.807) is 0 Å². The van der Waals surface area contributed by atoms with Crippen LogP contribution in [0, 0.1) is 23.2 Å². The molecular formula is C22H29N3O3. The summed E-state index contributed by atoms with van der Waals surface area (Å²) in [4.78, 5) is 27.0. The van der Waals surface area contributed by atoms with Crippen molar-refractivity contribution < 1.29 is 14.3 Å². The van der Waals surface area contributed by atoms with Gasteiger partial charge in [-0.25, -0.2) is 15.1 Å². The van der Waals surface area contributed by atoms with Crippen LogP contribution in [0.15, 0.2) is 30.3 Å². The fourth-order valence-corrected chi connectivity index (χ4v) is 6.86. The van der Waals surface area contributed by atoms with Gasteiger partial charge in [0.1, 0.15) is 12.6 Å². The summed E-state index contributed by atoms with van der Waals surface area (Å²) in [7, 11) is 0. The molecule has 4 saturated carbocycles. The number of nitrogens with zero attached hydrogens (tertiary/aromatic N) is 1. The summed E-state index contributed by atoms with van der Waals surface area (Å²) in [5.74, 6) is 7.99. The normalized spacial score (nSPS) is 36.8. The number of benzene rings is 1. The van der Waals surface area contributed by atoms with Crippen LogP contribution in [0.4, 0.5) is 4.79 Å². The van der Waals surface area contributed by atoms with Gasteiger partial charge in [-0.05, 0) is 73.7 Å². The minimum atomic E-state index is -0.541. The van der Waals surface area contributed by atoms with Crippen LogP contribution in [-0.4, -0.2) is 35.6 Å². The van der Waals surface area contributed by atoms with Crippen molar-refractivity contribution in [1.29, 1.82) is 0 Å². The highest BCUT2D eigenvalue weighted by Crippen LogP contribution is 2.67. The number of imide groups is 1. The highest BCUT2D eigenvalue weighted by molar-refractivity contribution is 5.96. The largest absolute Gasteiger partial charge is 0.447 e. The molecule has 0 spiro atoms. The van der Waals surface area contributed by atoms with Gasteiger partial charge < -0.3 is 4.74 Å². The average Bonchev–Trinajstić information content (AvgIpc) is 3.25. The van der Waals surface area contributed by atoms with Crippen LogP contribution in [-0.2, 0) is 16.0 Å². The van der Waals surface area contributed by atoms with Gasteiger partial charge >= 0.3 is 6.09 Å². The van der Waals surface area contributed by atoms with E-state index < -0.39 is 12.1 Å². The molecule has 6 rings (SSSR count). The van der Waals surface area contributed by atoms with Crippen molar-refractivity contribution in [3.05, 3.63) is 35.9 Å². The molecule has 28 heavy (non-hydrogen) atoms. The van der Waals surface area contributed by atoms with E-state index in [-0.39, 0.29) is 24.0 Å². The highest BCUT2D eigenvalue weighted by Gasteiger charge is 2.58. The molecule has 4 aliphatic carbocycles. The SMILES string of the molecule is NN[C@@H](CC12CC3CC(CC1C3)C2)C(=O)N1C(=O)OC[C@@H]1Cc1ccccc1. The molecular weight excluding hydrogens is 354 g/mol. The second-order valence-electron chi connectivity index (χ2n) is 9.46. The van der Waals surface area contributed by atoms with Gasteiger partial charge in [0.05, 0.1) is 6.04 Å². The average molecular weight is 383 g/mol. The summed E-state index contributed by atoms with van der Waals surface area (Å²) in [5.41, 5.74) is 4.07. The third-order valence-corrected chi connectivity index (χ3v) is 7.78. The molecule has 0 aromatic heterocycles. The Morgan fingerprint density at radius 1 is 1.21 bits per heavy atom. The van der Waals surface area contributed by atoms with Gasteiger partial charge in [0, 0.05) is 0 Å². The number of nitrogens with two attached hydrogens (primary N) is 1. The van der Waals surface area contributed by atoms with E-state index >= 15 is 0 Å². The molecule has 4 atom stereocenters. The predicted octanol–water partition coefficient (Wildman–Crippen LogP) is 2.62. The molecule has 0 radical (unpaired) electrons. The fourth-order valence-electron chi connectivity index (χ4n) is 6.86. The highest BCUT2D eigenvalue weighted by atomic mass is 16.6. The quantitative estimate of drug-likeness (QED) is 0.583. The molecule has 1 saturated heterocycles. The molecule has 2 amide bonds. The maximum Gasteiger partial charge on any atom is 0.417 e. The van der Waals surface area contributed by atoms with Crippen molar-refractivity contribution in [2.24, 2.45) is 29.0 Å². The Morgan fingerprint density at radius 2 is 1.93 bits per heavy atom. The summed E-state index contributed by atoms with van der Waals surface area (Å²) < 4.78 is 5.24. The van der Waals surface area contributed by atoms with Crippen LogP contribution in [0.1, 0.15) is 44.1 Å². The van der Waals surface area contributed by atoms with Crippen LogP contribution in [0.3, 0.4) is 0 Å². The van der Waals surface area contributed by atoms with E-state index in [0.29, 0.717) is 6.42 Å². The van der Waals surface area contributed by atoms with Crippen LogP contribution in [0.25, 0.3) is 0 Å². The number of hydrogen-bond acceptors (Lipinski definition) is 5. The minimum absolute atomic E-state index is 0.230. The first-order valence-corrected chi connectivity index (χ1v) is 10.6. The Morgan fingerprint density at radius 3 is 2.61 bits per heavy atom. The van der Waals surface area contributed by atoms with Crippen LogP contribution in [0.5, 0.6) is 0 Å². The minimum Gasteiger partial charge on any atom is -0.447 e. The van der Waals surface area contributed by atoms with E-state index in [0.717, 1.165) is 29.7 Å². The third kappa shape index (κ3) is 2.94. The first-order chi connectivity index (χ1) is 13.6. The molecule has 1 aromatic rings. The number of cyclic esters (lactones) is 1. The number of hydrogen-bond donors (Lipinski definition) is 2. The Kier molecular flexibility index (Phi) is 4.43. The maximum atomic E-state index is 13.3. The lowest BCUT2D eigenvalue weighted by atomic mass is 9.71. The zero-order valence-corrected chi connectivity index (χ0v) is 16.2. The number of nitrogens with one attached hydrogen (secondary N) is 1. The Hall–Kier alpha value is -1.92. The molecule has 1 aliphatic heterocycles. The van der Waals surface area contributed by atoms with E-state index in [2.05, 4.69) is 5.43 Å². The molecule has 1 aromatic carbocycles. The standard InChI is InChI=1S/C22H29N3O3/c23-24-19(12-22-10-15-6-16(11-22)8-17(22)7-15)20(26)25-18(13-28-21(25)27)9-14-4-2-1-3-5-14/h1-5,15-19,24H,6-13,23H2/t15?,16?,17?,18-,19-,22?/m0/s1. The monoisotopic (exact) mass is 383 g/mol. The summed E-state index contributed by atoms with van der Waals surface area (Å²) in [5, 5.41) is 0. The number of hydrazine groups is 1. The van der Waals surface area contributed by atoms with Crippen molar-refractivity contribution in [1.82, 2.24) is 10.3 Å². The topological polar surface area (TPSA) is 84.7 Å². The van der Waals surface area contributed by atoms with E-state index in [9.17, 15) is 9.59 Å². The Labute approximate surface area is 165 Å². The molecule has 2 unspecified atom stereocenters. The van der Waals surface area contributed by atoms with Gasteiger partial charge in [0.2, 0.25) is 0 Å². The van der Waals surface area contributed by atoms with Crippen molar-refractivity contribution in [3.63, 3.8) is 0 Å². The number of ether oxygens (including phenoxy) is 1. The van der Waals surface area contributed by atoms with E-state index in [1.165, 1.54) is 37.0 Å². The lowest BCUT2D eigenvalue weighted by Gasteiger charge is -2.36. The second-order valence-corrected chi connectivity index (χ2v) is 9.46. The van der Waals surface area contributed by atoms with Gasteiger partial charge in [-0.3, -0.25) is 10.6 Å². The van der Waals surface area contributed by atoms with Gasteiger partial charge in [-0.15, -0.1) is 0 Å². The fraction of sp³-hybridized carbons (Fsp3) is 0.636. The molecule has 4 bridgehead atoms. The Balaban J connectivity index is 1.32. The molecule has 5 aliphatic rings.